The topological polar surface area (TPSA) is 58.6 Å². The van der Waals surface area contributed by atoms with Crippen molar-refractivity contribution in [2.75, 3.05) is 13.1 Å². The molecule has 1 saturated carbocycles. The van der Waals surface area contributed by atoms with Crippen LogP contribution >= 0.6 is 0 Å². The molecule has 0 bridgehead atoms. The average Bonchev–Trinajstić information content (AvgIpc) is 2.89. The molecule has 5 heteroatoms. The molecule has 2 aliphatic heterocycles. The number of nitrogens with one attached hydrogen (secondary N) is 1. The van der Waals surface area contributed by atoms with E-state index in [0.29, 0.717) is 12.5 Å². The van der Waals surface area contributed by atoms with Crippen molar-refractivity contribution in [3.05, 3.63) is 0 Å². The molecule has 3 unspecified atom stereocenters. The van der Waals surface area contributed by atoms with Crippen LogP contribution in [-0.4, -0.2) is 48.1 Å². The number of nitrogens with zero attached hydrogens (tertiary/aromatic N) is 1. The van der Waals surface area contributed by atoms with Crippen molar-refractivity contribution in [1.82, 2.24) is 10.2 Å². The Hall–Kier alpha value is -1.10. The normalized spacial score (nSPS) is 35.1. The lowest BCUT2D eigenvalue weighted by Gasteiger charge is -2.38. The first-order chi connectivity index (χ1) is 10.1. The predicted molar refractivity (Wildman–Crippen MR) is 78.7 cm³/mol. The van der Waals surface area contributed by atoms with Gasteiger partial charge in [-0.15, -0.1) is 0 Å². The van der Waals surface area contributed by atoms with E-state index >= 15 is 0 Å². The van der Waals surface area contributed by atoms with Gasteiger partial charge in [0.25, 0.3) is 0 Å². The summed E-state index contributed by atoms with van der Waals surface area (Å²) in [5.74, 6) is 0.405. The zero-order valence-corrected chi connectivity index (χ0v) is 12.8. The molecule has 21 heavy (non-hydrogen) atoms. The molecule has 0 spiro atoms. The lowest BCUT2D eigenvalue weighted by Crippen LogP contribution is -2.61. The van der Waals surface area contributed by atoms with Crippen molar-refractivity contribution in [3.63, 3.8) is 0 Å². The molecular formula is C16H26N2O3. The fourth-order valence-corrected chi connectivity index (χ4v) is 3.94. The quantitative estimate of drug-likeness (QED) is 0.857. The highest BCUT2D eigenvalue weighted by Gasteiger charge is 2.39. The summed E-state index contributed by atoms with van der Waals surface area (Å²) in [5.41, 5.74) is 0. The van der Waals surface area contributed by atoms with Crippen LogP contribution in [0.25, 0.3) is 0 Å². The van der Waals surface area contributed by atoms with Gasteiger partial charge in [0.15, 0.2) is 0 Å². The number of carbonyl (C=O) groups is 2. The molecule has 3 aliphatic rings. The van der Waals surface area contributed by atoms with Crippen LogP contribution in [0.5, 0.6) is 0 Å². The molecule has 2 amide bonds. The van der Waals surface area contributed by atoms with Gasteiger partial charge in [-0.2, -0.15) is 0 Å². The standard InChI is InChI=1S/C16H26N2O3/c1-11-7-8-13(21-11)9-18-10-14(19)17-15(16(18)20)12-5-3-2-4-6-12/h11-13,15H,2-10H2,1H3,(H,17,19). The number of carbonyl (C=O) groups excluding carboxylic acids is 2. The fraction of sp³-hybridized carbons (Fsp3) is 0.875. The third-order valence-electron chi connectivity index (χ3n) is 5.09. The molecule has 5 nitrogen and oxygen atoms in total. The van der Waals surface area contributed by atoms with Gasteiger partial charge in [0.1, 0.15) is 6.04 Å². The highest BCUT2D eigenvalue weighted by atomic mass is 16.5. The molecule has 118 valence electrons. The fourth-order valence-electron chi connectivity index (χ4n) is 3.94. The number of amides is 2. The predicted octanol–water partition coefficient (Wildman–Crippen LogP) is 1.46. The van der Waals surface area contributed by atoms with Crippen molar-refractivity contribution in [3.8, 4) is 0 Å². The molecule has 3 atom stereocenters. The molecule has 2 heterocycles. The first-order valence-corrected chi connectivity index (χ1v) is 8.37. The Morgan fingerprint density at radius 1 is 1.14 bits per heavy atom. The van der Waals surface area contributed by atoms with Gasteiger partial charge < -0.3 is 15.0 Å². The van der Waals surface area contributed by atoms with Crippen LogP contribution in [0.4, 0.5) is 0 Å². The summed E-state index contributed by atoms with van der Waals surface area (Å²) in [5, 5.41) is 2.93. The minimum atomic E-state index is -0.301. The second kappa shape index (κ2) is 6.34. The van der Waals surface area contributed by atoms with E-state index < -0.39 is 0 Å². The average molecular weight is 294 g/mol. The molecule has 2 saturated heterocycles. The lowest BCUT2D eigenvalue weighted by molar-refractivity contribution is -0.148. The Kier molecular flexibility index (Phi) is 4.48. The van der Waals surface area contributed by atoms with Gasteiger partial charge in [-0.3, -0.25) is 9.59 Å². The molecule has 0 aromatic heterocycles. The van der Waals surface area contributed by atoms with Crippen molar-refractivity contribution < 1.29 is 14.3 Å². The second-order valence-corrected chi connectivity index (χ2v) is 6.81. The third-order valence-corrected chi connectivity index (χ3v) is 5.09. The molecule has 1 N–H and O–H groups in total. The minimum Gasteiger partial charge on any atom is -0.373 e. The summed E-state index contributed by atoms with van der Waals surface area (Å²) in [6.07, 6.45) is 8.12. The Labute approximate surface area is 126 Å². The van der Waals surface area contributed by atoms with Gasteiger partial charge >= 0.3 is 0 Å². The molecule has 1 aliphatic carbocycles. The van der Waals surface area contributed by atoms with Crippen LogP contribution in [-0.2, 0) is 14.3 Å². The lowest BCUT2D eigenvalue weighted by atomic mass is 9.82. The largest absolute Gasteiger partial charge is 0.373 e. The van der Waals surface area contributed by atoms with Crippen LogP contribution in [0.1, 0.15) is 51.9 Å². The summed E-state index contributed by atoms with van der Waals surface area (Å²) in [4.78, 5) is 26.4. The SMILES string of the molecule is CC1CCC(CN2CC(=O)NC(C3CCCCC3)C2=O)O1. The van der Waals surface area contributed by atoms with Gasteiger partial charge in [-0.1, -0.05) is 19.3 Å². The van der Waals surface area contributed by atoms with Gasteiger partial charge in [0.05, 0.1) is 18.8 Å². The van der Waals surface area contributed by atoms with Crippen molar-refractivity contribution >= 4 is 11.8 Å². The minimum absolute atomic E-state index is 0.0174. The summed E-state index contributed by atoms with van der Waals surface area (Å²) in [7, 11) is 0. The molecule has 0 aromatic carbocycles. The molecule has 3 rings (SSSR count). The monoisotopic (exact) mass is 294 g/mol. The first kappa shape index (κ1) is 14.8. The van der Waals surface area contributed by atoms with E-state index in [1.54, 1.807) is 4.90 Å². The zero-order valence-electron chi connectivity index (χ0n) is 12.8. The van der Waals surface area contributed by atoms with Crippen LogP contribution < -0.4 is 5.32 Å². The third kappa shape index (κ3) is 3.39. The zero-order chi connectivity index (χ0) is 14.8. The van der Waals surface area contributed by atoms with Crippen molar-refractivity contribution in [2.24, 2.45) is 5.92 Å². The van der Waals surface area contributed by atoms with E-state index in [0.717, 1.165) is 25.7 Å². The van der Waals surface area contributed by atoms with Crippen molar-refractivity contribution in [1.29, 1.82) is 0 Å². The second-order valence-electron chi connectivity index (χ2n) is 6.81. The highest BCUT2D eigenvalue weighted by molar-refractivity contribution is 5.95. The van der Waals surface area contributed by atoms with E-state index in [-0.39, 0.29) is 36.6 Å². The maximum atomic E-state index is 12.7. The number of piperazine rings is 1. The van der Waals surface area contributed by atoms with Crippen molar-refractivity contribution in [2.45, 2.75) is 70.1 Å². The van der Waals surface area contributed by atoms with Crippen LogP contribution in [0, 0.1) is 5.92 Å². The maximum Gasteiger partial charge on any atom is 0.245 e. The number of hydrogen-bond donors (Lipinski definition) is 1. The summed E-state index contributed by atoms with van der Waals surface area (Å²) in [6, 6.07) is -0.301. The van der Waals surface area contributed by atoms with Gasteiger partial charge in [-0.25, -0.2) is 0 Å². The summed E-state index contributed by atoms with van der Waals surface area (Å²) < 4.78 is 5.80. The maximum absolute atomic E-state index is 12.7. The van der Waals surface area contributed by atoms with E-state index in [1.807, 2.05) is 0 Å². The Balaban J connectivity index is 1.63. The highest BCUT2D eigenvalue weighted by Crippen LogP contribution is 2.29. The first-order valence-electron chi connectivity index (χ1n) is 8.37. The van der Waals surface area contributed by atoms with E-state index in [4.69, 9.17) is 4.74 Å². The summed E-state index contributed by atoms with van der Waals surface area (Å²) in [6.45, 7) is 2.83. The van der Waals surface area contributed by atoms with Gasteiger partial charge in [-0.05, 0) is 38.5 Å². The van der Waals surface area contributed by atoms with Crippen LogP contribution in [0.2, 0.25) is 0 Å². The van der Waals surface area contributed by atoms with E-state index in [2.05, 4.69) is 12.2 Å². The van der Waals surface area contributed by atoms with E-state index in [1.165, 1.54) is 19.3 Å². The Bertz CT molecular complexity index is 406. The number of hydrogen-bond acceptors (Lipinski definition) is 3. The van der Waals surface area contributed by atoms with Gasteiger partial charge in [0.2, 0.25) is 11.8 Å². The smallest absolute Gasteiger partial charge is 0.245 e. The van der Waals surface area contributed by atoms with Gasteiger partial charge in [0, 0.05) is 6.54 Å². The number of ether oxygens (including phenoxy) is 1. The molecule has 0 radical (unpaired) electrons. The summed E-state index contributed by atoms with van der Waals surface area (Å²) >= 11 is 0. The number of rotatable bonds is 3. The molecular weight excluding hydrogens is 268 g/mol. The van der Waals surface area contributed by atoms with Crippen LogP contribution in [0.3, 0.4) is 0 Å². The Morgan fingerprint density at radius 3 is 2.57 bits per heavy atom. The Morgan fingerprint density at radius 2 is 1.90 bits per heavy atom. The molecule has 0 aromatic rings. The van der Waals surface area contributed by atoms with E-state index in [9.17, 15) is 9.59 Å². The molecule has 3 fully saturated rings. The van der Waals surface area contributed by atoms with Crippen LogP contribution in [0.15, 0.2) is 0 Å².